The Morgan fingerprint density at radius 2 is 1.59 bits per heavy atom. The molecule has 0 radical (unpaired) electrons. The lowest BCUT2D eigenvalue weighted by Crippen LogP contribution is -2.67. The van der Waals surface area contributed by atoms with Crippen LogP contribution in [0.4, 0.5) is 4.39 Å². The standard InChI is InChI=1S/C20H25FN2O3S/c1-3-22-12-18-20(19(13-24)23(18)27(2,25)26)16-6-4-14(5-7-16)15-8-10-17(21)11-9-15/h4-11,18-20,22,24H,3,12-13H2,1-2H3/t18-,19+,20-/m1/s1. The fourth-order valence-electron chi connectivity index (χ4n) is 3.90. The summed E-state index contributed by atoms with van der Waals surface area (Å²) in [5.74, 6) is -0.353. The first kappa shape index (κ1) is 19.9. The van der Waals surface area contributed by atoms with Crippen LogP contribution < -0.4 is 5.32 Å². The van der Waals surface area contributed by atoms with Crippen molar-refractivity contribution in [3.8, 4) is 11.1 Å². The van der Waals surface area contributed by atoms with Crippen molar-refractivity contribution in [2.24, 2.45) is 0 Å². The molecule has 0 aliphatic carbocycles. The Labute approximate surface area is 159 Å². The second-order valence-electron chi connectivity index (χ2n) is 6.87. The van der Waals surface area contributed by atoms with E-state index in [1.165, 1.54) is 22.7 Å². The van der Waals surface area contributed by atoms with Crippen molar-refractivity contribution in [1.82, 2.24) is 9.62 Å². The van der Waals surface area contributed by atoms with Crippen LogP contribution in [0.25, 0.3) is 11.1 Å². The summed E-state index contributed by atoms with van der Waals surface area (Å²) in [7, 11) is -3.41. The van der Waals surface area contributed by atoms with Gasteiger partial charge in [0.2, 0.25) is 10.0 Å². The van der Waals surface area contributed by atoms with Crippen LogP contribution in [-0.4, -0.2) is 55.9 Å². The zero-order valence-corrected chi connectivity index (χ0v) is 16.3. The molecule has 1 aliphatic rings. The molecule has 0 unspecified atom stereocenters. The van der Waals surface area contributed by atoms with E-state index in [4.69, 9.17) is 0 Å². The molecule has 1 saturated heterocycles. The summed E-state index contributed by atoms with van der Waals surface area (Å²) in [6, 6.07) is 13.4. The summed E-state index contributed by atoms with van der Waals surface area (Å²) >= 11 is 0. The van der Waals surface area contributed by atoms with Gasteiger partial charge in [-0.15, -0.1) is 0 Å². The van der Waals surface area contributed by atoms with Gasteiger partial charge in [0.05, 0.1) is 18.9 Å². The predicted octanol–water partition coefficient (Wildman–Crippen LogP) is 2.19. The topological polar surface area (TPSA) is 69.6 Å². The lowest BCUT2D eigenvalue weighted by atomic mass is 9.77. The molecule has 0 saturated carbocycles. The maximum absolute atomic E-state index is 13.1. The number of nitrogens with zero attached hydrogens (tertiary/aromatic N) is 1. The summed E-state index contributed by atoms with van der Waals surface area (Å²) in [6.45, 7) is 3.03. The van der Waals surface area contributed by atoms with Gasteiger partial charge in [-0.25, -0.2) is 12.8 Å². The van der Waals surface area contributed by atoms with Crippen LogP contribution in [-0.2, 0) is 10.0 Å². The highest BCUT2D eigenvalue weighted by Crippen LogP contribution is 2.42. The van der Waals surface area contributed by atoms with Gasteiger partial charge >= 0.3 is 0 Å². The molecule has 0 amide bonds. The number of hydrogen-bond donors (Lipinski definition) is 2. The molecule has 3 atom stereocenters. The number of rotatable bonds is 7. The van der Waals surface area contributed by atoms with E-state index in [1.807, 2.05) is 31.2 Å². The van der Waals surface area contributed by atoms with E-state index in [9.17, 15) is 17.9 Å². The predicted molar refractivity (Wildman–Crippen MR) is 104 cm³/mol. The van der Waals surface area contributed by atoms with E-state index in [-0.39, 0.29) is 24.4 Å². The number of benzene rings is 2. The van der Waals surface area contributed by atoms with E-state index in [2.05, 4.69) is 5.32 Å². The Morgan fingerprint density at radius 1 is 1.04 bits per heavy atom. The molecule has 1 fully saturated rings. The van der Waals surface area contributed by atoms with Crippen LogP contribution in [0.1, 0.15) is 18.4 Å². The zero-order chi connectivity index (χ0) is 19.6. The molecule has 1 heterocycles. The number of likely N-dealkylation sites (N-methyl/N-ethyl adjacent to an activating group) is 1. The van der Waals surface area contributed by atoms with E-state index >= 15 is 0 Å². The molecule has 146 valence electrons. The first-order valence-corrected chi connectivity index (χ1v) is 10.9. The van der Waals surface area contributed by atoms with Crippen LogP contribution in [0.2, 0.25) is 0 Å². The molecule has 2 aromatic rings. The highest BCUT2D eigenvalue weighted by Gasteiger charge is 2.52. The highest BCUT2D eigenvalue weighted by atomic mass is 32.2. The molecule has 7 heteroatoms. The molecule has 1 aliphatic heterocycles. The van der Waals surface area contributed by atoms with Gasteiger partial charge in [-0.1, -0.05) is 43.3 Å². The fraction of sp³-hybridized carbons (Fsp3) is 0.400. The lowest BCUT2D eigenvalue weighted by molar-refractivity contribution is 0.0296. The summed E-state index contributed by atoms with van der Waals surface area (Å²) in [4.78, 5) is 0. The van der Waals surface area contributed by atoms with Crippen LogP contribution >= 0.6 is 0 Å². The average molecular weight is 392 g/mol. The van der Waals surface area contributed by atoms with E-state index in [0.717, 1.165) is 23.2 Å². The van der Waals surface area contributed by atoms with Crippen molar-refractivity contribution >= 4 is 10.0 Å². The van der Waals surface area contributed by atoms with Gasteiger partial charge in [0.15, 0.2) is 0 Å². The Balaban J connectivity index is 1.87. The first-order chi connectivity index (χ1) is 12.9. The van der Waals surface area contributed by atoms with Crippen LogP contribution in [0.3, 0.4) is 0 Å². The number of nitrogens with one attached hydrogen (secondary N) is 1. The third-order valence-electron chi connectivity index (χ3n) is 5.13. The summed E-state index contributed by atoms with van der Waals surface area (Å²) in [5, 5.41) is 13.0. The SMILES string of the molecule is CCNC[C@@H]1[C@@H](c2ccc(-c3ccc(F)cc3)cc2)[C@H](CO)N1S(C)(=O)=O. The minimum absolute atomic E-state index is 0.0777. The van der Waals surface area contributed by atoms with Gasteiger partial charge in [0, 0.05) is 18.5 Å². The lowest BCUT2D eigenvalue weighted by Gasteiger charge is -2.53. The molecular formula is C20H25FN2O3S. The van der Waals surface area contributed by atoms with Gasteiger partial charge < -0.3 is 10.4 Å². The van der Waals surface area contributed by atoms with E-state index in [0.29, 0.717) is 6.54 Å². The van der Waals surface area contributed by atoms with Crippen LogP contribution in [0.15, 0.2) is 48.5 Å². The average Bonchev–Trinajstić information content (AvgIpc) is 2.61. The number of aliphatic hydroxyl groups excluding tert-OH is 1. The van der Waals surface area contributed by atoms with Crippen molar-refractivity contribution in [3.63, 3.8) is 0 Å². The van der Waals surface area contributed by atoms with Gasteiger partial charge in [0.1, 0.15) is 5.82 Å². The second kappa shape index (κ2) is 8.06. The second-order valence-corrected chi connectivity index (χ2v) is 8.76. The molecule has 0 bridgehead atoms. The zero-order valence-electron chi connectivity index (χ0n) is 15.5. The molecule has 3 rings (SSSR count). The molecule has 2 aromatic carbocycles. The van der Waals surface area contributed by atoms with Gasteiger partial charge in [-0.3, -0.25) is 0 Å². The Kier molecular flexibility index (Phi) is 5.95. The largest absolute Gasteiger partial charge is 0.395 e. The van der Waals surface area contributed by atoms with Crippen molar-refractivity contribution in [2.45, 2.75) is 24.9 Å². The van der Waals surface area contributed by atoms with Gasteiger partial charge in [-0.2, -0.15) is 4.31 Å². The smallest absolute Gasteiger partial charge is 0.211 e. The normalized spacial score (nSPS) is 23.2. The Morgan fingerprint density at radius 3 is 2.07 bits per heavy atom. The maximum atomic E-state index is 13.1. The molecule has 0 spiro atoms. The van der Waals surface area contributed by atoms with E-state index in [1.54, 1.807) is 12.1 Å². The highest BCUT2D eigenvalue weighted by molar-refractivity contribution is 7.88. The van der Waals surface area contributed by atoms with Crippen molar-refractivity contribution in [2.75, 3.05) is 26.0 Å². The first-order valence-electron chi connectivity index (χ1n) is 9.02. The quantitative estimate of drug-likeness (QED) is 0.758. The molecule has 27 heavy (non-hydrogen) atoms. The molecular weight excluding hydrogens is 367 g/mol. The fourth-order valence-corrected chi connectivity index (χ4v) is 5.28. The maximum Gasteiger partial charge on any atom is 0.211 e. The minimum Gasteiger partial charge on any atom is -0.395 e. The van der Waals surface area contributed by atoms with Crippen LogP contribution in [0, 0.1) is 5.82 Å². The number of hydrogen-bond acceptors (Lipinski definition) is 4. The third-order valence-corrected chi connectivity index (χ3v) is 6.44. The summed E-state index contributed by atoms with van der Waals surface area (Å²) in [6.07, 6.45) is 1.18. The molecule has 0 aromatic heterocycles. The number of halogens is 1. The van der Waals surface area contributed by atoms with Crippen molar-refractivity contribution in [1.29, 1.82) is 0 Å². The van der Waals surface area contributed by atoms with Gasteiger partial charge in [0.25, 0.3) is 0 Å². The number of aliphatic hydroxyl groups is 1. The van der Waals surface area contributed by atoms with Crippen molar-refractivity contribution in [3.05, 3.63) is 59.9 Å². The number of sulfonamides is 1. The summed E-state index contributed by atoms with van der Waals surface area (Å²) in [5.41, 5.74) is 2.86. The third kappa shape index (κ3) is 4.06. The molecule has 2 N–H and O–H groups in total. The molecule has 5 nitrogen and oxygen atoms in total. The summed E-state index contributed by atoms with van der Waals surface area (Å²) < 4.78 is 38.8. The van der Waals surface area contributed by atoms with Crippen molar-refractivity contribution < 1.29 is 17.9 Å². The Bertz CT molecular complexity index is 869. The monoisotopic (exact) mass is 392 g/mol. The Hall–Kier alpha value is -1.80. The van der Waals surface area contributed by atoms with Gasteiger partial charge in [-0.05, 0) is 35.4 Å². The van der Waals surface area contributed by atoms with Crippen LogP contribution in [0.5, 0.6) is 0 Å². The van der Waals surface area contributed by atoms with E-state index < -0.39 is 16.1 Å². The minimum atomic E-state index is -3.41.